The van der Waals surface area contributed by atoms with E-state index in [1.807, 2.05) is 11.7 Å². The number of likely N-dealkylation sites (N-methyl/N-ethyl adjacent to an activating group) is 1. The zero-order chi connectivity index (χ0) is 13.5. The van der Waals surface area contributed by atoms with E-state index < -0.39 is 0 Å². The van der Waals surface area contributed by atoms with Crippen LogP contribution in [0.1, 0.15) is 32.2 Å². The second kappa shape index (κ2) is 7.92. The van der Waals surface area contributed by atoms with Crippen molar-refractivity contribution in [2.75, 3.05) is 26.2 Å². The van der Waals surface area contributed by atoms with Crippen molar-refractivity contribution in [2.45, 2.75) is 33.7 Å². The third-order valence-electron chi connectivity index (χ3n) is 3.29. The van der Waals surface area contributed by atoms with Gasteiger partial charge < -0.3 is 10.2 Å². The van der Waals surface area contributed by atoms with Gasteiger partial charge in [-0.2, -0.15) is 5.10 Å². The van der Waals surface area contributed by atoms with Crippen molar-refractivity contribution in [3.63, 3.8) is 0 Å². The molecular formula is C13H25BrN4. The quantitative estimate of drug-likeness (QED) is 0.746. The van der Waals surface area contributed by atoms with Crippen molar-refractivity contribution in [3.8, 4) is 0 Å². The van der Waals surface area contributed by atoms with E-state index in [-0.39, 0.29) is 0 Å². The summed E-state index contributed by atoms with van der Waals surface area (Å²) in [6.07, 6.45) is 0.966. The lowest BCUT2D eigenvalue weighted by Gasteiger charge is -2.18. The van der Waals surface area contributed by atoms with Crippen molar-refractivity contribution >= 4 is 15.9 Å². The Morgan fingerprint density at radius 2 is 1.94 bits per heavy atom. The SMILES string of the molecule is CCc1nn(C)c(CNCCN(CC)CC)c1Br. The van der Waals surface area contributed by atoms with E-state index in [0.717, 1.165) is 49.3 Å². The molecule has 18 heavy (non-hydrogen) atoms. The molecule has 0 aliphatic rings. The Bertz CT molecular complexity index is 358. The van der Waals surface area contributed by atoms with E-state index in [4.69, 9.17) is 0 Å². The summed E-state index contributed by atoms with van der Waals surface area (Å²) in [7, 11) is 2.01. The second-order valence-corrected chi connectivity index (χ2v) is 5.18. The molecule has 104 valence electrons. The lowest BCUT2D eigenvalue weighted by molar-refractivity contribution is 0.301. The van der Waals surface area contributed by atoms with Crippen LogP contribution in [-0.2, 0) is 20.0 Å². The molecule has 0 spiro atoms. The minimum absolute atomic E-state index is 0.866. The monoisotopic (exact) mass is 316 g/mol. The molecular weight excluding hydrogens is 292 g/mol. The number of nitrogens with one attached hydrogen (secondary N) is 1. The maximum atomic E-state index is 4.49. The predicted octanol–water partition coefficient (Wildman–Crippen LogP) is 2.18. The lowest BCUT2D eigenvalue weighted by atomic mass is 10.3. The molecule has 0 bridgehead atoms. The summed E-state index contributed by atoms with van der Waals surface area (Å²) < 4.78 is 3.12. The van der Waals surface area contributed by atoms with Crippen LogP contribution in [0, 0.1) is 0 Å². The second-order valence-electron chi connectivity index (χ2n) is 4.39. The van der Waals surface area contributed by atoms with Gasteiger partial charge >= 0.3 is 0 Å². The van der Waals surface area contributed by atoms with Gasteiger partial charge in [-0.15, -0.1) is 0 Å². The predicted molar refractivity (Wildman–Crippen MR) is 79.8 cm³/mol. The number of hydrogen-bond donors (Lipinski definition) is 1. The van der Waals surface area contributed by atoms with Crippen LogP contribution in [0.25, 0.3) is 0 Å². The molecule has 0 aromatic carbocycles. The van der Waals surface area contributed by atoms with Crippen molar-refractivity contribution in [1.82, 2.24) is 20.0 Å². The Labute approximate surface area is 119 Å². The summed E-state index contributed by atoms with van der Waals surface area (Å²) in [6.45, 7) is 11.8. The van der Waals surface area contributed by atoms with Crippen molar-refractivity contribution in [3.05, 3.63) is 15.9 Å². The van der Waals surface area contributed by atoms with Gasteiger partial charge in [0.05, 0.1) is 15.9 Å². The summed E-state index contributed by atoms with van der Waals surface area (Å²) in [4.78, 5) is 2.42. The van der Waals surface area contributed by atoms with E-state index in [2.05, 4.69) is 52.0 Å². The molecule has 0 atom stereocenters. The number of halogens is 1. The highest BCUT2D eigenvalue weighted by Crippen LogP contribution is 2.21. The molecule has 5 heteroatoms. The molecule has 0 radical (unpaired) electrons. The van der Waals surface area contributed by atoms with Crippen molar-refractivity contribution in [1.29, 1.82) is 0 Å². The highest BCUT2D eigenvalue weighted by atomic mass is 79.9. The topological polar surface area (TPSA) is 33.1 Å². The lowest BCUT2D eigenvalue weighted by Crippen LogP contribution is -2.32. The largest absolute Gasteiger partial charge is 0.310 e. The third-order valence-corrected chi connectivity index (χ3v) is 4.21. The smallest absolute Gasteiger partial charge is 0.0767 e. The Balaban J connectivity index is 2.42. The molecule has 0 saturated heterocycles. The average Bonchev–Trinajstić information content (AvgIpc) is 2.65. The molecule has 4 nitrogen and oxygen atoms in total. The van der Waals surface area contributed by atoms with Crippen LogP contribution in [0.2, 0.25) is 0 Å². The fourth-order valence-corrected chi connectivity index (χ4v) is 2.75. The first-order valence-electron chi connectivity index (χ1n) is 6.77. The van der Waals surface area contributed by atoms with E-state index in [9.17, 15) is 0 Å². The third kappa shape index (κ3) is 4.07. The van der Waals surface area contributed by atoms with Gasteiger partial charge in [0.25, 0.3) is 0 Å². The van der Waals surface area contributed by atoms with Crippen LogP contribution < -0.4 is 5.32 Å². The highest BCUT2D eigenvalue weighted by Gasteiger charge is 2.11. The standard InChI is InChI=1S/C13H25BrN4/c1-5-11-13(14)12(17(4)16-11)10-15-8-9-18(6-2)7-3/h15H,5-10H2,1-4H3. The van der Waals surface area contributed by atoms with Crippen LogP contribution in [0.3, 0.4) is 0 Å². The first-order valence-corrected chi connectivity index (χ1v) is 7.56. The van der Waals surface area contributed by atoms with Gasteiger partial charge in [0.2, 0.25) is 0 Å². The van der Waals surface area contributed by atoms with Crippen LogP contribution in [0.5, 0.6) is 0 Å². The maximum absolute atomic E-state index is 4.49. The normalized spacial score (nSPS) is 11.4. The van der Waals surface area contributed by atoms with Gasteiger partial charge in [-0.3, -0.25) is 4.68 Å². The number of rotatable bonds is 8. The van der Waals surface area contributed by atoms with Crippen LogP contribution in [0.15, 0.2) is 4.47 Å². The molecule has 1 rings (SSSR count). The molecule has 0 aliphatic carbocycles. The van der Waals surface area contributed by atoms with E-state index in [1.165, 1.54) is 5.69 Å². The maximum Gasteiger partial charge on any atom is 0.0767 e. The zero-order valence-electron chi connectivity index (χ0n) is 12.0. The fourth-order valence-electron chi connectivity index (χ4n) is 2.00. The number of nitrogens with zero attached hydrogens (tertiary/aromatic N) is 3. The zero-order valence-corrected chi connectivity index (χ0v) is 13.5. The minimum atomic E-state index is 0.866. The first kappa shape index (κ1) is 15.7. The molecule has 0 unspecified atom stereocenters. The van der Waals surface area contributed by atoms with Crippen molar-refractivity contribution in [2.24, 2.45) is 7.05 Å². The molecule has 1 aromatic heterocycles. The van der Waals surface area contributed by atoms with Crippen LogP contribution in [-0.4, -0.2) is 40.9 Å². The summed E-state index contributed by atoms with van der Waals surface area (Å²) in [6, 6.07) is 0. The average molecular weight is 317 g/mol. The summed E-state index contributed by atoms with van der Waals surface area (Å²) in [5.74, 6) is 0. The van der Waals surface area contributed by atoms with E-state index in [1.54, 1.807) is 0 Å². The number of hydrogen-bond acceptors (Lipinski definition) is 3. The molecule has 1 aromatic rings. The van der Waals surface area contributed by atoms with Gasteiger partial charge in [0.1, 0.15) is 0 Å². The summed E-state index contributed by atoms with van der Waals surface area (Å²) in [5, 5.41) is 7.98. The molecule has 1 N–H and O–H groups in total. The highest BCUT2D eigenvalue weighted by molar-refractivity contribution is 9.10. The van der Waals surface area contributed by atoms with Gasteiger partial charge in [-0.05, 0) is 35.4 Å². The van der Waals surface area contributed by atoms with E-state index >= 15 is 0 Å². The summed E-state index contributed by atoms with van der Waals surface area (Å²) >= 11 is 3.64. The fraction of sp³-hybridized carbons (Fsp3) is 0.769. The first-order chi connectivity index (χ1) is 8.63. The Morgan fingerprint density at radius 1 is 1.28 bits per heavy atom. The van der Waals surface area contributed by atoms with Gasteiger partial charge in [0.15, 0.2) is 0 Å². The molecule has 0 amide bonds. The number of aromatic nitrogens is 2. The molecule has 1 heterocycles. The summed E-state index contributed by atoms with van der Waals surface area (Å²) in [5.41, 5.74) is 2.37. The van der Waals surface area contributed by atoms with Crippen LogP contribution in [0.4, 0.5) is 0 Å². The molecule has 0 aliphatic heterocycles. The molecule has 0 saturated carbocycles. The van der Waals surface area contributed by atoms with Gasteiger partial charge in [-0.25, -0.2) is 0 Å². The Morgan fingerprint density at radius 3 is 2.44 bits per heavy atom. The Kier molecular flexibility index (Phi) is 6.89. The van der Waals surface area contributed by atoms with Gasteiger partial charge in [0, 0.05) is 26.7 Å². The number of aryl methyl sites for hydroxylation is 2. The minimum Gasteiger partial charge on any atom is -0.310 e. The van der Waals surface area contributed by atoms with E-state index in [0.29, 0.717) is 0 Å². The Hall–Kier alpha value is -0.390. The van der Waals surface area contributed by atoms with Crippen LogP contribution >= 0.6 is 15.9 Å². The van der Waals surface area contributed by atoms with Gasteiger partial charge in [-0.1, -0.05) is 20.8 Å². The molecule has 0 fully saturated rings. The van der Waals surface area contributed by atoms with Crippen molar-refractivity contribution < 1.29 is 0 Å².